The van der Waals surface area contributed by atoms with Crippen molar-refractivity contribution in [1.29, 1.82) is 0 Å². The van der Waals surface area contributed by atoms with Crippen LogP contribution in [0.3, 0.4) is 0 Å². The number of benzene rings is 2. The summed E-state index contributed by atoms with van der Waals surface area (Å²) in [6, 6.07) is 18.0. The van der Waals surface area contributed by atoms with Crippen molar-refractivity contribution >= 4 is 5.91 Å². The molecule has 1 aliphatic rings. The monoisotopic (exact) mass is 361 g/mol. The average molecular weight is 361 g/mol. The molecule has 5 heteroatoms. The molecule has 2 heterocycles. The van der Waals surface area contributed by atoms with E-state index < -0.39 is 0 Å². The van der Waals surface area contributed by atoms with Gasteiger partial charge in [0.1, 0.15) is 5.75 Å². The molecule has 1 aliphatic heterocycles. The topological polar surface area (TPSA) is 56.2 Å². The molecular formula is C22H23N3O2. The van der Waals surface area contributed by atoms with Crippen LogP contribution < -0.4 is 10.1 Å². The van der Waals surface area contributed by atoms with Gasteiger partial charge in [-0.25, -0.2) is 0 Å². The highest BCUT2D eigenvalue weighted by atomic mass is 16.5. The first-order valence-electron chi connectivity index (χ1n) is 9.24. The van der Waals surface area contributed by atoms with Crippen molar-refractivity contribution in [2.45, 2.75) is 32.9 Å². The highest BCUT2D eigenvalue weighted by Gasteiger charge is 2.26. The van der Waals surface area contributed by atoms with Crippen LogP contribution in [0.2, 0.25) is 0 Å². The molecule has 1 amide bonds. The number of fused-ring (bicyclic) bond motifs is 1. The second kappa shape index (κ2) is 7.27. The van der Waals surface area contributed by atoms with Crippen LogP contribution in [0.4, 0.5) is 0 Å². The molecule has 1 atom stereocenters. The van der Waals surface area contributed by atoms with Crippen LogP contribution in [-0.2, 0) is 6.54 Å². The fraction of sp³-hybridized carbons (Fsp3) is 0.273. The lowest BCUT2D eigenvalue weighted by Crippen LogP contribution is -2.32. The van der Waals surface area contributed by atoms with Gasteiger partial charge in [0.25, 0.3) is 5.91 Å². The van der Waals surface area contributed by atoms with E-state index in [0.29, 0.717) is 18.7 Å². The third kappa shape index (κ3) is 3.45. The minimum atomic E-state index is -0.0778. The van der Waals surface area contributed by atoms with E-state index in [0.717, 1.165) is 34.7 Å². The lowest BCUT2D eigenvalue weighted by atomic mass is 10.00. The summed E-state index contributed by atoms with van der Waals surface area (Å²) in [6.45, 7) is 5.10. The van der Waals surface area contributed by atoms with Crippen LogP contribution in [0.15, 0.2) is 54.6 Å². The lowest BCUT2D eigenvalue weighted by Gasteiger charge is -2.26. The number of nitrogens with zero attached hydrogens (tertiary/aromatic N) is 2. The van der Waals surface area contributed by atoms with Crippen molar-refractivity contribution in [3.63, 3.8) is 0 Å². The summed E-state index contributed by atoms with van der Waals surface area (Å²) in [5, 5.41) is 7.77. The van der Waals surface area contributed by atoms with Crippen molar-refractivity contribution in [2.75, 3.05) is 6.61 Å². The molecule has 0 saturated heterocycles. The van der Waals surface area contributed by atoms with E-state index in [9.17, 15) is 4.79 Å². The second-order valence-electron chi connectivity index (χ2n) is 6.89. The van der Waals surface area contributed by atoms with Gasteiger partial charge in [0.2, 0.25) is 0 Å². The Kier molecular flexibility index (Phi) is 4.67. The summed E-state index contributed by atoms with van der Waals surface area (Å²) in [6.07, 6.45) is 0.763. The molecule has 0 saturated carbocycles. The van der Waals surface area contributed by atoms with Crippen molar-refractivity contribution in [3.05, 3.63) is 82.7 Å². The van der Waals surface area contributed by atoms with E-state index in [-0.39, 0.29) is 11.9 Å². The predicted molar refractivity (Wildman–Crippen MR) is 104 cm³/mol. The molecule has 0 bridgehead atoms. The van der Waals surface area contributed by atoms with Crippen LogP contribution in [0.25, 0.3) is 0 Å². The largest absolute Gasteiger partial charge is 0.493 e. The van der Waals surface area contributed by atoms with Crippen LogP contribution in [0, 0.1) is 13.8 Å². The van der Waals surface area contributed by atoms with E-state index in [1.54, 1.807) is 0 Å². The highest BCUT2D eigenvalue weighted by Crippen LogP contribution is 2.32. The SMILES string of the molecule is Cc1nn(Cc2ccccc2)c(C)c1C(=O)N[C@H]1CCOc2ccccc21. The number of nitrogens with one attached hydrogen (secondary N) is 1. The maximum absolute atomic E-state index is 13.0. The summed E-state index contributed by atoms with van der Waals surface area (Å²) in [4.78, 5) is 13.0. The van der Waals surface area contributed by atoms with E-state index >= 15 is 0 Å². The number of hydrogen-bond donors (Lipinski definition) is 1. The molecule has 0 spiro atoms. The van der Waals surface area contributed by atoms with Gasteiger partial charge in [0.15, 0.2) is 0 Å². The highest BCUT2D eigenvalue weighted by molar-refractivity contribution is 5.96. The maximum atomic E-state index is 13.0. The van der Waals surface area contributed by atoms with E-state index in [1.165, 1.54) is 0 Å². The molecule has 4 rings (SSSR count). The van der Waals surface area contributed by atoms with Crippen molar-refractivity contribution in [1.82, 2.24) is 15.1 Å². The van der Waals surface area contributed by atoms with Crippen molar-refractivity contribution < 1.29 is 9.53 Å². The molecule has 5 nitrogen and oxygen atoms in total. The molecule has 0 radical (unpaired) electrons. The zero-order valence-corrected chi connectivity index (χ0v) is 15.6. The maximum Gasteiger partial charge on any atom is 0.255 e. The second-order valence-corrected chi connectivity index (χ2v) is 6.89. The van der Waals surface area contributed by atoms with Gasteiger partial charge < -0.3 is 10.1 Å². The minimum Gasteiger partial charge on any atom is -0.493 e. The van der Waals surface area contributed by atoms with Crippen molar-refractivity contribution in [3.8, 4) is 5.75 Å². The summed E-state index contributed by atoms with van der Waals surface area (Å²) in [7, 11) is 0. The number of aromatic nitrogens is 2. The van der Waals surface area contributed by atoms with Crippen molar-refractivity contribution in [2.24, 2.45) is 0 Å². The Bertz CT molecular complexity index is 963. The Morgan fingerprint density at radius 1 is 1.15 bits per heavy atom. The number of carbonyl (C=O) groups excluding carboxylic acids is 1. The fourth-order valence-corrected chi connectivity index (χ4v) is 3.66. The molecule has 2 aromatic carbocycles. The minimum absolute atomic E-state index is 0.0428. The Labute approximate surface area is 159 Å². The smallest absolute Gasteiger partial charge is 0.255 e. The van der Waals surface area contributed by atoms with Gasteiger partial charge in [-0.15, -0.1) is 0 Å². The number of aryl methyl sites for hydroxylation is 1. The summed E-state index contributed by atoms with van der Waals surface area (Å²) < 4.78 is 7.59. The number of carbonyl (C=O) groups is 1. The third-order valence-corrected chi connectivity index (χ3v) is 5.05. The molecule has 0 aliphatic carbocycles. The van der Waals surface area contributed by atoms with Gasteiger partial charge in [0.05, 0.1) is 30.5 Å². The Morgan fingerprint density at radius 3 is 2.70 bits per heavy atom. The first-order valence-corrected chi connectivity index (χ1v) is 9.24. The average Bonchev–Trinajstić information content (AvgIpc) is 2.96. The molecule has 0 unspecified atom stereocenters. The van der Waals surface area contributed by atoms with Crippen LogP contribution >= 0.6 is 0 Å². The number of rotatable bonds is 4. The molecule has 27 heavy (non-hydrogen) atoms. The summed E-state index contributed by atoms with van der Waals surface area (Å²) in [5.74, 6) is 0.772. The molecule has 1 aromatic heterocycles. The Morgan fingerprint density at radius 2 is 1.89 bits per heavy atom. The Hall–Kier alpha value is -3.08. The molecule has 138 valence electrons. The van der Waals surface area contributed by atoms with Crippen LogP contribution in [-0.4, -0.2) is 22.3 Å². The van der Waals surface area contributed by atoms with Gasteiger partial charge in [-0.3, -0.25) is 9.48 Å². The molecule has 1 N–H and O–H groups in total. The van der Waals surface area contributed by atoms with Crippen LogP contribution in [0.5, 0.6) is 5.75 Å². The quantitative estimate of drug-likeness (QED) is 0.769. The lowest BCUT2D eigenvalue weighted by molar-refractivity contribution is 0.0923. The van der Waals surface area contributed by atoms with Crippen LogP contribution in [0.1, 0.15) is 45.3 Å². The normalized spacial score (nSPS) is 15.7. The Balaban J connectivity index is 1.56. The molecule has 0 fully saturated rings. The van der Waals surface area contributed by atoms with E-state index in [2.05, 4.69) is 22.5 Å². The zero-order valence-electron chi connectivity index (χ0n) is 15.6. The zero-order chi connectivity index (χ0) is 18.8. The number of hydrogen-bond acceptors (Lipinski definition) is 3. The van der Waals surface area contributed by atoms with Gasteiger partial charge in [0, 0.05) is 17.7 Å². The van der Waals surface area contributed by atoms with Gasteiger partial charge >= 0.3 is 0 Å². The van der Waals surface area contributed by atoms with Gasteiger partial charge in [-0.1, -0.05) is 48.5 Å². The first kappa shape index (κ1) is 17.3. The van der Waals surface area contributed by atoms with Gasteiger partial charge in [-0.05, 0) is 25.5 Å². The molecule has 3 aromatic rings. The summed E-state index contributed by atoms with van der Waals surface area (Å²) >= 11 is 0. The third-order valence-electron chi connectivity index (χ3n) is 5.05. The molecular weight excluding hydrogens is 338 g/mol. The summed E-state index contributed by atoms with van der Waals surface area (Å²) in [5.41, 5.74) is 4.49. The predicted octanol–water partition coefficient (Wildman–Crippen LogP) is 3.80. The number of para-hydroxylation sites is 1. The fourth-order valence-electron chi connectivity index (χ4n) is 3.66. The standard InChI is InChI=1S/C22H23N3O2/c1-15-21(16(2)25(24-15)14-17-8-4-3-5-9-17)22(26)23-19-12-13-27-20-11-7-6-10-18(19)20/h3-11,19H,12-14H2,1-2H3,(H,23,26)/t19-/m0/s1. The van der Waals surface area contributed by atoms with E-state index in [1.807, 2.05) is 61.0 Å². The van der Waals surface area contributed by atoms with Gasteiger partial charge in [-0.2, -0.15) is 5.10 Å². The van der Waals surface area contributed by atoms with E-state index in [4.69, 9.17) is 4.74 Å². The first-order chi connectivity index (χ1) is 13.1. The number of amides is 1. The number of ether oxygens (including phenoxy) is 1.